The zero-order valence-corrected chi connectivity index (χ0v) is 15.2. The van der Waals surface area contributed by atoms with Gasteiger partial charge in [-0.2, -0.15) is 0 Å². The quantitative estimate of drug-likeness (QED) is 0.736. The minimum Gasteiger partial charge on any atom is -0.352 e. The van der Waals surface area contributed by atoms with Crippen LogP contribution in [0.3, 0.4) is 0 Å². The van der Waals surface area contributed by atoms with Crippen molar-refractivity contribution in [1.29, 1.82) is 0 Å². The van der Waals surface area contributed by atoms with Gasteiger partial charge in [-0.05, 0) is 44.4 Å². The van der Waals surface area contributed by atoms with Crippen LogP contribution < -0.4 is 16.0 Å². The average molecular weight is 367 g/mol. The van der Waals surface area contributed by atoms with E-state index in [0.29, 0.717) is 6.54 Å². The van der Waals surface area contributed by atoms with Crippen LogP contribution in [0.5, 0.6) is 0 Å². The lowest BCUT2D eigenvalue weighted by Crippen LogP contribution is -2.50. The molecule has 2 heterocycles. The third-order valence-corrected chi connectivity index (χ3v) is 4.74. The zero-order chi connectivity index (χ0) is 16.8. The number of nitrogens with zero attached hydrogens (tertiary/aromatic N) is 1. The number of para-hydroxylation sites is 1. The SMILES string of the molecule is Cl.O=C(CN1CCC(NC(=O)C2CCCN2)CC1)Nc1ccccc1. The molecule has 0 spiro atoms. The number of benzene rings is 1. The van der Waals surface area contributed by atoms with Crippen molar-refractivity contribution in [2.24, 2.45) is 0 Å². The molecule has 1 aromatic rings. The van der Waals surface area contributed by atoms with E-state index in [1.54, 1.807) is 0 Å². The maximum atomic E-state index is 12.1. The molecule has 25 heavy (non-hydrogen) atoms. The lowest BCUT2D eigenvalue weighted by molar-refractivity contribution is -0.124. The number of hydrogen-bond donors (Lipinski definition) is 3. The summed E-state index contributed by atoms with van der Waals surface area (Å²) in [7, 11) is 0. The number of halogens is 1. The Kier molecular flexibility index (Phi) is 7.68. The molecule has 0 aliphatic carbocycles. The number of nitrogens with one attached hydrogen (secondary N) is 3. The highest BCUT2D eigenvalue weighted by molar-refractivity contribution is 5.92. The first-order valence-corrected chi connectivity index (χ1v) is 8.82. The number of carbonyl (C=O) groups is 2. The Morgan fingerprint density at radius 1 is 1.12 bits per heavy atom. The first-order chi connectivity index (χ1) is 11.7. The molecule has 1 atom stereocenters. The Labute approximate surface area is 155 Å². The van der Waals surface area contributed by atoms with Crippen molar-refractivity contribution in [3.8, 4) is 0 Å². The molecular formula is C18H27ClN4O2. The van der Waals surface area contributed by atoms with Crippen LogP contribution in [0.25, 0.3) is 0 Å². The molecule has 2 amide bonds. The summed E-state index contributed by atoms with van der Waals surface area (Å²) in [6, 6.07) is 9.72. The van der Waals surface area contributed by atoms with E-state index in [-0.39, 0.29) is 36.3 Å². The molecule has 3 N–H and O–H groups in total. The van der Waals surface area contributed by atoms with Crippen LogP contribution in [0.15, 0.2) is 30.3 Å². The fourth-order valence-electron chi connectivity index (χ4n) is 3.37. The number of carbonyl (C=O) groups excluding carboxylic acids is 2. The van der Waals surface area contributed by atoms with E-state index in [2.05, 4.69) is 20.9 Å². The minimum atomic E-state index is -0.0142. The van der Waals surface area contributed by atoms with E-state index >= 15 is 0 Å². The van der Waals surface area contributed by atoms with Gasteiger partial charge in [-0.1, -0.05) is 18.2 Å². The van der Waals surface area contributed by atoms with Gasteiger partial charge in [0.1, 0.15) is 0 Å². The Balaban J connectivity index is 0.00000225. The molecule has 7 heteroatoms. The maximum absolute atomic E-state index is 12.1. The molecule has 1 unspecified atom stereocenters. The predicted octanol–water partition coefficient (Wildman–Crippen LogP) is 1.38. The van der Waals surface area contributed by atoms with Gasteiger partial charge in [0.15, 0.2) is 0 Å². The van der Waals surface area contributed by atoms with Crippen LogP contribution in [0.2, 0.25) is 0 Å². The fraction of sp³-hybridized carbons (Fsp3) is 0.556. The lowest BCUT2D eigenvalue weighted by Gasteiger charge is -2.32. The minimum absolute atomic E-state index is 0. The molecule has 0 bridgehead atoms. The topological polar surface area (TPSA) is 73.5 Å². The van der Waals surface area contributed by atoms with E-state index in [4.69, 9.17) is 0 Å². The Morgan fingerprint density at radius 2 is 1.84 bits per heavy atom. The Bertz CT molecular complexity index is 555. The van der Waals surface area contributed by atoms with Crippen LogP contribution in [-0.2, 0) is 9.59 Å². The summed E-state index contributed by atoms with van der Waals surface area (Å²) in [5.41, 5.74) is 0.828. The Morgan fingerprint density at radius 3 is 2.48 bits per heavy atom. The van der Waals surface area contributed by atoms with Gasteiger partial charge in [0.2, 0.25) is 11.8 Å². The van der Waals surface area contributed by atoms with Crippen LogP contribution in [-0.4, -0.2) is 55.0 Å². The number of amides is 2. The lowest BCUT2D eigenvalue weighted by atomic mass is 10.0. The predicted molar refractivity (Wildman–Crippen MR) is 101 cm³/mol. The molecule has 2 aliphatic heterocycles. The van der Waals surface area contributed by atoms with Crippen molar-refractivity contribution < 1.29 is 9.59 Å². The third kappa shape index (κ3) is 5.99. The smallest absolute Gasteiger partial charge is 0.238 e. The van der Waals surface area contributed by atoms with Gasteiger partial charge in [0, 0.05) is 24.8 Å². The molecule has 2 aliphatic rings. The first-order valence-electron chi connectivity index (χ1n) is 8.82. The number of hydrogen-bond acceptors (Lipinski definition) is 4. The fourth-order valence-corrected chi connectivity index (χ4v) is 3.37. The van der Waals surface area contributed by atoms with Crippen LogP contribution in [0.4, 0.5) is 5.69 Å². The van der Waals surface area contributed by atoms with Gasteiger partial charge in [0.25, 0.3) is 0 Å². The van der Waals surface area contributed by atoms with Crippen molar-refractivity contribution in [2.75, 3.05) is 31.5 Å². The summed E-state index contributed by atoms with van der Waals surface area (Å²) in [5.74, 6) is 0.145. The van der Waals surface area contributed by atoms with Crippen molar-refractivity contribution >= 4 is 29.9 Å². The number of piperidine rings is 1. The molecule has 0 radical (unpaired) electrons. The van der Waals surface area contributed by atoms with Crippen molar-refractivity contribution in [3.05, 3.63) is 30.3 Å². The summed E-state index contributed by atoms with van der Waals surface area (Å²) >= 11 is 0. The van der Waals surface area contributed by atoms with Crippen LogP contribution >= 0.6 is 12.4 Å². The number of rotatable bonds is 5. The number of likely N-dealkylation sites (tertiary alicyclic amines) is 1. The van der Waals surface area contributed by atoms with E-state index in [9.17, 15) is 9.59 Å². The van der Waals surface area contributed by atoms with Gasteiger partial charge >= 0.3 is 0 Å². The summed E-state index contributed by atoms with van der Waals surface area (Å²) in [4.78, 5) is 26.4. The molecule has 2 saturated heterocycles. The summed E-state index contributed by atoms with van der Waals surface area (Å²) < 4.78 is 0. The van der Waals surface area contributed by atoms with Crippen molar-refractivity contribution in [1.82, 2.24) is 15.5 Å². The molecule has 0 aromatic heterocycles. The molecule has 138 valence electrons. The summed E-state index contributed by atoms with van der Waals surface area (Å²) in [5, 5.41) is 9.29. The van der Waals surface area contributed by atoms with Gasteiger partial charge < -0.3 is 16.0 Å². The molecule has 0 saturated carbocycles. The highest BCUT2D eigenvalue weighted by atomic mass is 35.5. The van der Waals surface area contributed by atoms with Gasteiger partial charge in [-0.25, -0.2) is 0 Å². The molecular weight excluding hydrogens is 340 g/mol. The second-order valence-electron chi connectivity index (χ2n) is 6.62. The van der Waals surface area contributed by atoms with E-state index in [1.807, 2.05) is 30.3 Å². The van der Waals surface area contributed by atoms with Gasteiger partial charge in [0.05, 0.1) is 12.6 Å². The van der Waals surface area contributed by atoms with E-state index in [1.165, 1.54) is 0 Å². The highest BCUT2D eigenvalue weighted by Gasteiger charge is 2.26. The Hall–Kier alpha value is -1.63. The van der Waals surface area contributed by atoms with Crippen molar-refractivity contribution in [3.63, 3.8) is 0 Å². The monoisotopic (exact) mass is 366 g/mol. The normalized spacial score (nSPS) is 21.4. The van der Waals surface area contributed by atoms with E-state index < -0.39 is 0 Å². The average Bonchev–Trinajstić information content (AvgIpc) is 3.12. The first kappa shape index (κ1) is 19.7. The van der Waals surface area contributed by atoms with Crippen LogP contribution in [0, 0.1) is 0 Å². The van der Waals surface area contributed by atoms with Crippen molar-refractivity contribution in [2.45, 2.75) is 37.8 Å². The summed E-state index contributed by atoms with van der Waals surface area (Å²) in [6.45, 7) is 3.02. The second-order valence-corrected chi connectivity index (χ2v) is 6.62. The highest BCUT2D eigenvalue weighted by Crippen LogP contribution is 2.12. The van der Waals surface area contributed by atoms with Gasteiger partial charge in [-0.15, -0.1) is 12.4 Å². The number of anilines is 1. The van der Waals surface area contributed by atoms with E-state index in [0.717, 1.165) is 51.0 Å². The molecule has 2 fully saturated rings. The molecule has 1 aromatic carbocycles. The standard InChI is InChI=1S/C18H26N4O2.ClH/c23-17(20-14-5-2-1-3-6-14)13-22-11-8-15(9-12-22)21-18(24)16-7-4-10-19-16;/h1-3,5-6,15-16,19H,4,7-13H2,(H,20,23)(H,21,24);1H. The third-order valence-electron chi connectivity index (χ3n) is 4.74. The van der Waals surface area contributed by atoms with Gasteiger partial charge in [-0.3, -0.25) is 14.5 Å². The second kappa shape index (κ2) is 9.75. The maximum Gasteiger partial charge on any atom is 0.238 e. The molecule has 3 rings (SSSR count). The zero-order valence-electron chi connectivity index (χ0n) is 14.4. The molecule has 6 nitrogen and oxygen atoms in total. The van der Waals surface area contributed by atoms with Crippen LogP contribution in [0.1, 0.15) is 25.7 Å². The largest absolute Gasteiger partial charge is 0.352 e. The summed E-state index contributed by atoms with van der Waals surface area (Å²) in [6.07, 6.45) is 3.81.